The topological polar surface area (TPSA) is 61.9 Å². The van der Waals surface area contributed by atoms with E-state index in [1.165, 1.54) is 16.0 Å². The molecular formula is C29H35N3O3. The van der Waals surface area contributed by atoms with Crippen LogP contribution in [0.4, 0.5) is 4.79 Å². The van der Waals surface area contributed by atoms with E-state index in [4.69, 9.17) is 4.74 Å². The number of methoxy groups -OCH3 is 1. The molecule has 2 aliphatic rings. The maximum atomic E-state index is 13.7. The van der Waals surface area contributed by atoms with Crippen molar-refractivity contribution in [3.8, 4) is 17.6 Å². The van der Waals surface area contributed by atoms with Gasteiger partial charge in [0, 0.05) is 6.54 Å². The first-order valence-electron chi connectivity index (χ1n) is 12.5. The summed E-state index contributed by atoms with van der Waals surface area (Å²) < 4.78 is 5.36. The number of imide groups is 1. The Bertz CT molecular complexity index is 1080. The van der Waals surface area contributed by atoms with E-state index in [0.717, 1.165) is 51.1 Å². The van der Waals surface area contributed by atoms with Crippen LogP contribution in [-0.4, -0.2) is 54.0 Å². The zero-order chi connectivity index (χ0) is 24.7. The Morgan fingerprint density at radius 3 is 2.51 bits per heavy atom. The van der Waals surface area contributed by atoms with Gasteiger partial charge in [-0.3, -0.25) is 14.6 Å². The number of aryl methyl sites for hydroxylation is 1. The summed E-state index contributed by atoms with van der Waals surface area (Å²) in [5.41, 5.74) is 1.62. The molecule has 2 fully saturated rings. The fourth-order valence-electron chi connectivity index (χ4n) is 5.43. The van der Waals surface area contributed by atoms with E-state index in [0.29, 0.717) is 6.42 Å². The normalized spacial score (nSPS) is 20.9. The number of benzene rings is 2. The second-order valence-electron chi connectivity index (χ2n) is 9.46. The van der Waals surface area contributed by atoms with Crippen LogP contribution in [0.3, 0.4) is 0 Å². The third-order valence-corrected chi connectivity index (χ3v) is 7.32. The maximum Gasteiger partial charge on any atom is 0.325 e. The summed E-state index contributed by atoms with van der Waals surface area (Å²) >= 11 is 0. The fraction of sp³-hybridized carbons (Fsp3) is 0.448. The standard InChI is InChI=1S/C29H35N3O3/c1-3-4-18-32-27(33)29(30-28(32)34,17-9-13-23-10-6-5-7-11-23)25-15-19-31(20-16-25)22-24-12-8-14-26(21-24)35-2/h5-8,10-12,14,21,25H,9,13,15-20,22H2,1-2H3,(H,30,34)/t29-/m0/s1. The van der Waals surface area contributed by atoms with Crippen LogP contribution in [0.15, 0.2) is 54.6 Å². The summed E-state index contributed by atoms with van der Waals surface area (Å²) in [6, 6.07) is 18.2. The lowest BCUT2D eigenvalue weighted by atomic mass is 9.74. The van der Waals surface area contributed by atoms with Crippen molar-refractivity contribution in [1.29, 1.82) is 0 Å². The molecule has 0 unspecified atom stereocenters. The monoisotopic (exact) mass is 473 g/mol. The van der Waals surface area contributed by atoms with Crippen LogP contribution in [0.2, 0.25) is 0 Å². The van der Waals surface area contributed by atoms with Crippen molar-refractivity contribution in [2.75, 3.05) is 26.7 Å². The molecule has 2 aromatic rings. The van der Waals surface area contributed by atoms with Crippen molar-refractivity contribution in [1.82, 2.24) is 15.1 Å². The minimum atomic E-state index is -0.844. The zero-order valence-corrected chi connectivity index (χ0v) is 20.8. The lowest BCUT2D eigenvalue weighted by Gasteiger charge is -2.41. The second-order valence-corrected chi connectivity index (χ2v) is 9.46. The van der Waals surface area contributed by atoms with Crippen molar-refractivity contribution in [2.24, 2.45) is 5.92 Å². The van der Waals surface area contributed by atoms with Gasteiger partial charge < -0.3 is 10.1 Å². The lowest BCUT2D eigenvalue weighted by Crippen LogP contribution is -2.56. The molecule has 2 aromatic carbocycles. The summed E-state index contributed by atoms with van der Waals surface area (Å²) in [7, 11) is 1.68. The number of likely N-dealkylation sites (tertiary alicyclic amines) is 1. The number of nitrogens with zero attached hydrogens (tertiary/aromatic N) is 2. The van der Waals surface area contributed by atoms with Gasteiger partial charge in [0.05, 0.1) is 13.7 Å². The van der Waals surface area contributed by atoms with Crippen LogP contribution in [0.25, 0.3) is 0 Å². The Kier molecular flexibility index (Phi) is 8.09. The van der Waals surface area contributed by atoms with Gasteiger partial charge in [-0.25, -0.2) is 4.79 Å². The highest BCUT2D eigenvalue weighted by molar-refractivity contribution is 6.07. The number of carbonyl (C=O) groups is 2. The number of amides is 3. The number of nitrogens with one attached hydrogen (secondary N) is 1. The first-order chi connectivity index (χ1) is 17.1. The summed E-state index contributed by atoms with van der Waals surface area (Å²) in [6.45, 7) is 4.50. The average molecular weight is 474 g/mol. The SMILES string of the molecule is CC#CCN1C(=O)N[C@@](CCCc2ccccc2)(C2CCN(Cc3cccc(OC)c3)CC2)C1=O. The first kappa shape index (κ1) is 24.8. The van der Waals surface area contributed by atoms with Crippen LogP contribution in [0.1, 0.15) is 43.7 Å². The van der Waals surface area contributed by atoms with Crippen molar-refractivity contribution in [3.05, 3.63) is 65.7 Å². The summed E-state index contributed by atoms with van der Waals surface area (Å²) in [4.78, 5) is 30.3. The maximum absolute atomic E-state index is 13.7. The van der Waals surface area contributed by atoms with Crippen LogP contribution in [-0.2, 0) is 17.8 Å². The largest absolute Gasteiger partial charge is 0.497 e. The van der Waals surface area contributed by atoms with Gasteiger partial charge in [0.1, 0.15) is 11.3 Å². The average Bonchev–Trinajstić information content (AvgIpc) is 3.13. The van der Waals surface area contributed by atoms with E-state index >= 15 is 0 Å². The summed E-state index contributed by atoms with van der Waals surface area (Å²) in [5.74, 6) is 6.56. The highest BCUT2D eigenvalue weighted by Crippen LogP contribution is 2.37. The molecule has 1 atom stereocenters. The molecule has 0 saturated carbocycles. The van der Waals surface area contributed by atoms with Crippen LogP contribution >= 0.6 is 0 Å². The first-order valence-corrected chi connectivity index (χ1v) is 12.5. The molecule has 184 valence electrons. The van der Waals surface area contributed by atoms with Gasteiger partial charge in [0.15, 0.2) is 0 Å². The Balaban J connectivity index is 1.45. The Morgan fingerprint density at radius 1 is 1.06 bits per heavy atom. The van der Waals surface area contributed by atoms with Crippen LogP contribution in [0.5, 0.6) is 5.75 Å². The zero-order valence-electron chi connectivity index (χ0n) is 20.8. The predicted octanol–water partition coefficient (Wildman–Crippen LogP) is 4.24. The fourth-order valence-corrected chi connectivity index (χ4v) is 5.43. The van der Waals surface area contributed by atoms with Crippen LogP contribution < -0.4 is 10.1 Å². The van der Waals surface area contributed by atoms with Gasteiger partial charge in [-0.15, -0.1) is 5.92 Å². The lowest BCUT2D eigenvalue weighted by molar-refractivity contribution is -0.134. The second kappa shape index (κ2) is 11.4. The van der Waals surface area contributed by atoms with E-state index in [9.17, 15) is 9.59 Å². The number of hydrogen-bond acceptors (Lipinski definition) is 4. The highest BCUT2D eigenvalue weighted by atomic mass is 16.5. The van der Waals surface area contributed by atoms with Gasteiger partial charge >= 0.3 is 6.03 Å². The predicted molar refractivity (Wildman–Crippen MR) is 137 cm³/mol. The summed E-state index contributed by atoms with van der Waals surface area (Å²) in [6.07, 6.45) is 4.11. The molecule has 35 heavy (non-hydrogen) atoms. The molecule has 4 rings (SSSR count). The van der Waals surface area contributed by atoms with Gasteiger partial charge in [0.25, 0.3) is 5.91 Å². The third kappa shape index (κ3) is 5.68. The van der Waals surface area contributed by atoms with Crippen molar-refractivity contribution in [2.45, 2.75) is 51.1 Å². The molecule has 0 bridgehead atoms. The molecule has 2 aliphatic heterocycles. The molecule has 6 heteroatoms. The smallest absolute Gasteiger partial charge is 0.325 e. The number of hydrogen-bond donors (Lipinski definition) is 1. The quantitative estimate of drug-likeness (QED) is 0.437. The van der Waals surface area contributed by atoms with Gasteiger partial charge in [-0.1, -0.05) is 48.4 Å². The Labute approximate surface area is 208 Å². The molecular weight excluding hydrogens is 438 g/mol. The van der Waals surface area contributed by atoms with Gasteiger partial charge in [-0.2, -0.15) is 0 Å². The molecule has 0 aromatic heterocycles. The Morgan fingerprint density at radius 2 is 1.80 bits per heavy atom. The van der Waals surface area contributed by atoms with Crippen molar-refractivity contribution in [3.63, 3.8) is 0 Å². The molecule has 1 N–H and O–H groups in total. The minimum Gasteiger partial charge on any atom is -0.497 e. The van der Waals surface area contributed by atoms with E-state index < -0.39 is 5.54 Å². The number of ether oxygens (including phenoxy) is 1. The molecule has 0 aliphatic carbocycles. The van der Waals surface area contributed by atoms with Gasteiger partial charge in [-0.05, 0) is 81.3 Å². The Hall–Kier alpha value is -3.30. The van der Waals surface area contributed by atoms with E-state index in [-0.39, 0.29) is 24.4 Å². The number of carbonyl (C=O) groups excluding carboxylic acids is 2. The molecule has 6 nitrogen and oxygen atoms in total. The third-order valence-electron chi connectivity index (χ3n) is 7.32. The van der Waals surface area contributed by atoms with E-state index in [2.05, 4.69) is 46.3 Å². The molecule has 0 spiro atoms. The van der Waals surface area contributed by atoms with Crippen LogP contribution in [0, 0.1) is 17.8 Å². The van der Waals surface area contributed by atoms with Crippen molar-refractivity contribution >= 4 is 11.9 Å². The summed E-state index contributed by atoms with van der Waals surface area (Å²) in [5, 5.41) is 3.15. The van der Waals surface area contributed by atoms with E-state index in [1.54, 1.807) is 14.0 Å². The number of rotatable bonds is 9. The highest BCUT2D eigenvalue weighted by Gasteiger charge is 2.55. The minimum absolute atomic E-state index is 0.107. The van der Waals surface area contributed by atoms with Gasteiger partial charge in [0.2, 0.25) is 0 Å². The molecule has 2 saturated heterocycles. The molecule has 3 amide bonds. The van der Waals surface area contributed by atoms with E-state index in [1.807, 2.05) is 30.3 Å². The van der Waals surface area contributed by atoms with Crippen molar-refractivity contribution < 1.29 is 14.3 Å². The molecule has 2 heterocycles. The number of urea groups is 1. The molecule has 0 radical (unpaired) electrons. The number of piperidine rings is 1.